The average molecular weight is 390 g/mol. The third kappa shape index (κ3) is 3.66. The molecule has 142 valence electrons. The van der Waals surface area contributed by atoms with E-state index in [4.69, 9.17) is 0 Å². The molecule has 3 aromatic carbocycles. The topological polar surface area (TPSA) is 37.1 Å². The Balaban J connectivity index is 1.68. The fourth-order valence-corrected chi connectivity index (χ4v) is 5.16. The predicted molar refractivity (Wildman–Crippen MR) is 113 cm³/mol. The van der Waals surface area contributed by atoms with Gasteiger partial charge in [0, 0.05) is 0 Å². The van der Waals surface area contributed by atoms with Crippen molar-refractivity contribution in [1.82, 2.24) is 4.31 Å². The van der Waals surface area contributed by atoms with Crippen LogP contribution >= 0.6 is 0 Å². The van der Waals surface area contributed by atoms with Crippen LogP contribution in [0.3, 0.4) is 0 Å². The molecule has 0 N–H and O–H groups in total. The first-order chi connectivity index (χ1) is 13.5. The third-order valence-electron chi connectivity index (χ3n) is 5.10. The molecule has 0 aliphatic carbocycles. The molecule has 3 nitrogen and oxygen atoms in total. The summed E-state index contributed by atoms with van der Waals surface area (Å²) in [5.41, 5.74) is 4.28. The van der Waals surface area contributed by atoms with Crippen molar-refractivity contribution in [2.45, 2.75) is 30.8 Å². The number of nitrogens with zero attached hydrogens (tertiary/aromatic N) is 1. The Morgan fingerprint density at radius 2 is 1.36 bits per heavy atom. The number of rotatable bonds is 5. The van der Waals surface area contributed by atoms with Crippen LogP contribution in [-0.2, 0) is 10.0 Å². The van der Waals surface area contributed by atoms with Crippen molar-refractivity contribution in [3.63, 3.8) is 0 Å². The molecule has 1 unspecified atom stereocenters. The smallest absolute Gasteiger partial charge is 0.207 e. The SMILES string of the molecule is Cc1ccc([C@@H]2[C@@H](/C=C/c3ccccc3)N2S(=O)(=O)c2ccc(C)cc2)cc1. The highest BCUT2D eigenvalue weighted by atomic mass is 32.2. The van der Waals surface area contributed by atoms with Gasteiger partial charge in [0.2, 0.25) is 10.0 Å². The van der Waals surface area contributed by atoms with E-state index in [1.165, 1.54) is 0 Å². The van der Waals surface area contributed by atoms with Gasteiger partial charge in [-0.15, -0.1) is 0 Å². The van der Waals surface area contributed by atoms with E-state index in [1.807, 2.05) is 92.7 Å². The van der Waals surface area contributed by atoms with E-state index in [1.54, 1.807) is 16.4 Å². The lowest BCUT2D eigenvalue weighted by molar-refractivity contribution is 0.550. The van der Waals surface area contributed by atoms with Crippen molar-refractivity contribution in [2.75, 3.05) is 0 Å². The molecule has 0 radical (unpaired) electrons. The highest BCUT2D eigenvalue weighted by Crippen LogP contribution is 2.48. The molecule has 0 saturated carbocycles. The van der Waals surface area contributed by atoms with Gasteiger partial charge in [-0.3, -0.25) is 0 Å². The van der Waals surface area contributed by atoms with Crippen molar-refractivity contribution in [2.24, 2.45) is 0 Å². The van der Waals surface area contributed by atoms with E-state index in [9.17, 15) is 8.42 Å². The van der Waals surface area contributed by atoms with E-state index in [0.29, 0.717) is 4.90 Å². The van der Waals surface area contributed by atoms with E-state index < -0.39 is 10.0 Å². The molecular weight excluding hydrogens is 366 g/mol. The van der Waals surface area contributed by atoms with Crippen molar-refractivity contribution in [1.29, 1.82) is 0 Å². The van der Waals surface area contributed by atoms with Crippen LogP contribution in [-0.4, -0.2) is 18.8 Å². The third-order valence-corrected chi connectivity index (χ3v) is 7.00. The number of hydrogen-bond acceptors (Lipinski definition) is 2. The van der Waals surface area contributed by atoms with Gasteiger partial charge in [0.15, 0.2) is 0 Å². The van der Waals surface area contributed by atoms with Gasteiger partial charge in [-0.05, 0) is 37.1 Å². The molecule has 4 rings (SSSR count). The monoisotopic (exact) mass is 389 g/mol. The molecule has 1 aliphatic heterocycles. The van der Waals surface area contributed by atoms with Gasteiger partial charge in [0.1, 0.15) is 0 Å². The van der Waals surface area contributed by atoms with Crippen molar-refractivity contribution < 1.29 is 8.42 Å². The molecule has 1 aliphatic rings. The second kappa shape index (κ2) is 7.38. The maximum absolute atomic E-state index is 13.3. The number of aryl methyl sites for hydroxylation is 2. The maximum atomic E-state index is 13.3. The normalized spacial score (nSPS) is 21.7. The Morgan fingerprint density at radius 3 is 1.96 bits per heavy atom. The fourth-order valence-electron chi connectivity index (χ4n) is 3.44. The fraction of sp³-hybridized carbons (Fsp3) is 0.167. The molecule has 1 heterocycles. The van der Waals surface area contributed by atoms with E-state index in [2.05, 4.69) is 0 Å². The van der Waals surface area contributed by atoms with E-state index >= 15 is 0 Å². The first kappa shape index (κ1) is 18.7. The molecule has 0 spiro atoms. The van der Waals surface area contributed by atoms with Gasteiger partial charge < -0.3 is 0 Å². The van der Waals surface area contributed by atoms with Crippen LogP contribution in [0.5, 0.6) is 0 Å². The summed E-state index contributed by atoms with van der Waals surface area (Å²) in [5.74, 6) is 0. The molecule has 0 bridgehead atoms. The van der Waals surface area contributed by atoms with Crippen LogP contribution in [0.1, 0.15) is 28.3 Å². The quantitative estimate of drug-likeness (QED) is 0.567. The van der Waals surface area contributed by atoms with Crippen LogP contribution in [0.25, 0.3) is 6.08 Å². The summed E-state index contributed by atoms with van der Waals surface area (Å²) < 4.78 is 28.1. The predicted octanol–water partition coefficient (Wildman–Crippen LogP) is 5.13. The van der Waals surface area contributed by atoms with Gasteiger partial charge in [-0.2, -0.15) is 4.31 Å². The van der Waals surface area contributed by atoms with Crippen molar-refractivity contribution in [3.8, 4) is 0 Å². The van der Waals surface area contributed by atoms with E-state index in [-0.39, 0.29) is 12.1 Å². The Morgan fingerprint density at radius 1 is 0.786 bits per heavy atom. The molecule has 3 aromatic rings. The minimum Gasteiger partial charge on any atom is -0.207 e. The van der Waals surface area contributed by atoms with Crippen LogP contribution in [0, 0.1) is 13.8 Å². The lowest BCUT2D eigenvalue weighted by atomic mass is 10.1. The second-order valence-electron chi connectivity index (χ2n) is 7.26. The molecule has 0 amide bonds. The lowest BCUT2D eigenvalue weighted by Gasteiger charge is -2.07. The molecule has 28 heavy (non-hydrogen) atoms. The highest BCUT2D eigenvalue weighted by Gasteiger charge is 2.54. The summed E-state index contributed by atoms with van der Waals surface area (Å²) in [4.78, 5) is 0.339. The standard InChI is InChI=1S/C24H23NO2S/c1-18-8-13-21(14-9-18)24-23(17-12-20-6-4-3-5-7-20)25(24)28(26,27)22-15-10-19(2)11-16-22/h3-17,23-24H,1-2H3/b17-12+/t23-,24-,25?/m1/s1. The zero-order valence-corrected chi connectivity index (χ0v) is 16.8. The van der Waals surface area contributed by atoms with Crippen LogP contribution < -0.4 is 0 Å². The first-order valence-corrected chi connectivity index (χ1v) is 10.8. The zero-order chi connectivity index (χ0) is 19.7. The second-order valence-corrected chi connectivity index (χ2v) is 9.11. The average Bonchev–Trinajstić information content (AvgIpc) is 3.43. The maximum Gasteiger partial charge on any atom is 0.244 e. The molecule has 0 aromatic heterocycles. The van der Waals surface area contributed by atoms with E-state index in [0.717, 1.165) is 22.3 Å². The van der Waals surface area contributed by atoms with Crippen molar-refractivity contribution >= 4 is 16.1 Å². The van der Waals surface area contributed by atoms with Crippen LogP contribution in [0.4, 0.5) is 0 Å². The Labute approximate surface area is 167 Å². The van der Waals surface area contributed by atoms with Gasteiger partial charge in [0.25, 0.3) is 0 Å². The van der Waals surface area contributed by atoms with Crippen LogP contribution in [0.2, 0.25) is 0 Å². The van der Waals surface area contributed by atoms with Crippen molar-refractivity contribution in [3.05, 3.63) is 107 Å². The Hall–Kier alpha value is -2.69. The summed E-state index contributed by atoms with van der Waals surface area (Å²) >= 11 is 0. The summed E-state index contributed by atoms with van der Waals surface area (Å²) in [7, 11) is -3.56. The molecule has 1 fully saturated rings. The zero-order valence-electron chi connectivity index (χ0n) is 16.0. The molecule has 3 atom stereocenters. The van der Waals surface area contributed by atoms with Gasteiger partial charge >= 0.3 is 0 Å². The molecule has 4 heteroatoms. The minimum absolute atomic E-state index is 0.174. The number of sulfonamides is 1. The van der Waals surface area contributed by atoms with Gasteiger partial charge in [-0.1, -0.05) is 90.0 Å². The minimum atomic E-state index is -3.56. The Bertz CT molecular complexity index is 1090. The highest BCUT2D eigenvalue weighted by molar-refractivity contribution is 7.89. The van der Waals surface area contributed by atoms with Crippen LogP contribution in [0.15, 0.2) is 89.8 Å². The lowest BCUT2D eigenvalue weighted by Crippen LogP contribution is -2.14. The Kier molecular flexibility index (Phi) is 4.92. The first-order valence-electron chi connectivity index (χ1n) is 9.37. The van der Waals surface area contributed by atoms with Gasteiger partial charge in [-0.25, -0.2) is 8.42 Å². The summed E-state index contributed by atoms with van der Waals surface area (Å²) in [5, 5.41) is 0. The summed E-state index contributed by atoms with van der Waals surface area (Å²) in [6.07, 6.45) is 3.99. The molecule has 1 saturated heterocycles. The number of benzene rings is 3. The summed E-state index contributed by atoms with van der Waals surface area (Å²) in [6.45, 7) is 3.98. The molecular formula is C24H23NO2S. The van der Waals surface area contributed by atoms with Gasteiger partial charge in [0.05, 0.1) is 17.0 Å². The largest absolute Gasteiger partial charge is 0.244 e. The summed E-state index contributed by atoms with van der Waals surface area (Å²) in [6, 6.07) is 24.7. The number of hydrogen-bond donors (Lipinski definition) is 0.